The van der Waals surface area contributed by atoms with E-state index < -0.39 is 0 Å². The number of hydrogen-bond donors (Lipinski definition) is 0. The van der Waals surface area contributed by atoms with Crippen LogP contribution in [0.4, 0.5) is 0 Å². The van der Waals surface area contributed by atoms with Gasteiger partial charge in [-0.25, -0.2) is 0 Å². The van der Waals surface area contributed by atoms with E-state index in [2.05, 4.69) is 17.1 Å². The van der Waals surface area contributed by atoms with Crippen molar-refractivity contribution in [3.8, 4) is 5.88 Å². The summed E-state index contributed by atoms with van der Waals surface area (Å²) in [6.07, 6.45) is 4.60. The van der Waals surface area contributed by atoms with Crippen molar-refractivity contribution in [3.05, 3.63) is 17.8 Å². The van der Waals surface area contributed by atoms with Crippen molar-refractivity contribution < 1.29 is 9.53 Å². The molecule has 1 aliphatic rings. The number of nitrogens with zero attached hydrogens (tertiary/aromatic N) is 3. The maximum atomic E-state index is 11.9. The predicted molar refractivity (Wildman–Crippen MR) is 76.5 cm³/mol. The summed E-state index contributed by atoms with van der Waals surface area (Å²) in [4.78, 5) is 13.9. The number of aromatic nitrogens is 2. The Bertz CT molecular complexity index is 425. The molecule has 0 aliphatic carbocycles. The molecule has 1 amide bonds. The summed E-state index contributed by atoms with van der Waals surface area (Å²) in [5.74, 6) is 0.854. The number of likely N-dealkylation sites (tertiary alicyclic amines) is 1. The van der Waals surface area contributed by atoms with Gasteiger partial charge in [-0.1, -0.05) is 13.3 Å². The van der Waals surface area contributed by atoms with Gasteiger partial charge in [0.15, 0.2) is 0 Å². The van der Waals surface area contributed by atoms with E-state index in [0.29, 0.717) is 12.3 Å². The molecule has 1 aromatic rings. The molecule has 1 saturated heterocycles. The van der Waals surface area contributed by atoms with Crippen molar-refractivity contribution in [2.75, 3.05) is 13.1 Å². The summed E-state index contributed by atoms with van der Waals surface area (Å²) in [7, 11) is 0. The smallest absolute Gasteiger partial charge is 0.233 e. The van der Waals surface area contributed by atoms with Crippen molar-refractivity contribution in [1.82, 2.24) is 15.1 Å². The van der Waals surface area contributed by atoms with E-state index in [1.807, 2.05) is 24.0 Å². The molecule has 1 fully saturated rings. The molecule has 0 atom stereocenters. The molecule has 0 unspecified atom stereocenters. The fraction of sp³-hybridized carbons (Fsp3) is 0.667. The zero-order valence-electron chi connectivity index (χ0n) is 12.3. The molecule has 0 N–H and O–H groups in total. The molecule has 5 heteroatoms. The Morgan fingerprint density at radius 3 is 2.70 bits per heavy atom. The molecule has 20 heavy (non-hydrogen) atoms. The molecule has 2 heterocycles. The third kappa shape index (κ3) is 4.18. The van der Waals surface area contributed by atoms with Crippen LogP contribution in [0.2, 0.25) is 0 Å². The van der Waals surface area contributed by atoms with Gasteiger partial charge in [-0.15, -0.1) is 5.10 Å². The summed E-state index contributed by atoms with van der Waals surface area (Å²) >= 11 is 0. The van der Waals surface area contributed by atoms with Crippen molar-refractivity contribution in [3.63, 3.8) is 0 Å². The summed E-state index contributed by atoms with van der Waals surface area (Å²) in [6.45, 7) is 5.58. The lowest BCUT2D eigenvalue weighted by atomic mass is 10.1. The van der Waals surface area contributed by atoms with Gasteiger partial charge in [0.25, 0.3) is 0 Å². The molecule has 2 rings (SSSR count). The van der Waals surface area contributed by atoms with Gasteiger partial charge in [0.05, 0.1) is 5.69 Å². The van der Waals surface area contributed by atoms with Crippen LogP contribution in [0, 0.1) is 6.92 Å². The highest BCUT2D eigenvalue weighted by atomic mass is 16.5. The second-order valence-electron chi connectivity index (χ2n) is 5.31. The van der Waals surface area contributed by atoms with Crippen LogP contribution in [-0.2, 0) is 4.79 Å². The quantitative estimate of drug-likeness (QED) is 0.829. The number of rotatable bonds is 5. The summed E-state index contributed by atoms with van der Waals surface area (Å²) < 4.78 is 5.81. The predicted octanol–water partition coefficient (Wildman–Crippen LogP) is 2.35. The average Bonchev–Trinajstić information content (AvgIpc) is 2.48. The minimum atomic E-state index is 0.141. The maximum Gasteiger partial charge on any atom is 0.233 e. The highest BCUT2D eigenvalue weighted by Crippen LogP contribution is 2.17. The third-order valence-corrected chi connectivity index (χ3v) is 3.60. The number of aryl methyl sites for hydroxylation is 1. The van der Waals surface area contributed by atoms with Gasteiger partial charge in [-0.3, -0.25) is 4.79 Å². The van der Waals surface area contributed by atoms with Crippen molar-refractivity contribution in [1.29, 1.82) is 0 Å². The second-order valence-corrected chi connectivity index (χ2v) is 5.31. The van der Waals surface area contributed by atoms with Crippen LogP contribution < -0.4 is 4.74 Å². The number of piperidine rings is 1. The number of carbonyl (C=O) groups is 1. The molecule has 1 aromatic heterocycles. The molecule has 5 nitrogen and oxygen atoms in total. The number of unbranched alkanes of at least 4 members (excludes halogenated alkanes) is 1. The molecule has 1 aliphatic heterocycles. The normalized spacial score (nSPS) is 16.2. The van der Waals surface area contributed by atoms with E-state index in [-0.39, 0.29) is 12.0 Å². The first-order valence-corrected chi connectivity index (χ1v) is 7.44. The van der Waals surface area contributed by atoms with Crippen molar-refractivity contribution >= 4 is 5.91 Å². The lowest BCUT2D eigenvalue weighted by molar-refractivity contribution is -0.133. The van der Waals surface area contributed by atoms with E-state index in [0.717, 1.165) is 44.5 Å². The summed E-state index contributed by atoms with van der Waals surface area (Å²) in [6, 6.07) is 3.74. The number of hydrogen-bond acceptors (Lipinski definition) is 4. The van der Waals surface area contributed by atoms with E-state index in [9.17, 15) is 4.79 Å². The maximum absolute atomic E-state index is 11.9. The highest BCUT2D eigenvalue weighted by molar-refractivity contribution is 5.76. The fourth-order valence-corrected chi connectivity index (χ4v) is 2.33. The molecule has 110 valence electrons. The van der Waals surface area contributed by atoms with Crippen LogP contribution in [0.15, 0.2) is 12.1 Å². The summed E-state index contributed by atoms with van der Waals surface area (Å²) in [5, 5.41) is 8.00. The van der Waals surface area contributed by atoms with Crippen LogP contribution in [0.5, 0.6) is 5.88 Å². The SMILES string of the molecule is CCCCC(=O)N1CCC(Oc2ccc(C)nn2)CC1. The van der Waals surface area contributed by atoms with Crippen LogP contribution >= 0.6 is 0 Å². The molecule has 0 radical (unpaired) electrons. The Morgan fingerprint density at radius 2 is 2.10 bits per heavy atom. The Hall–Kier alpha value is -1.65. The monoisotopic (exact) mass is 277 g/mol. The Labute approximate surface area is 120 Å². The van der Waals surface area contributed by atoms with Gasteiger partial charge in [0, 0.05) is 38.4 Å². The minimum Gasteiger partial charge on any atom is -0.473 e. The third-order valence-electron chi connectivity index (χ3n) is 3.60. The number of carbonyl (C=O) groups excluding carboxylic acids is 1. The van der Waals surface area contributed by atoms with Crippen LogP contribution in [0.25, 0.3) is 0 Å². The second kappa shape index (κ2) is 7.22. The Morgan fingerprint density at radius 1 is 1.35 bits per heavy atom. The first-order chi connectivity index (χ1) is 9.69. The number of amides is 1. The van der Waals surface area contributed by atoms with Gasteiger partial charge >= 0.3 is 0 Å². The minimum absolute atomic E-state index is 0.141. The zero-order valence-corrected chi connectivity index (χ0v) is 12.3. The largest absolute Gasteiger partial charge is 0.473 e. The van der Waals surface area contributed by atoms with E-state index in [1.165, 1.54) is 0 Å². The molecular formula is C15H23N3O2. The first kappa shape index (κ1) is 14.8. The standard InChI is InChI=1S/C15H23N3O2/c1-3-4-5-15(19)18-10-8-13(9-11-18)20-14-7-6-12(2)16-17-14/h6-7,13H,3-5,8-11H2,1-2H3. The van der Waals surface area contributed by atoms with E-state index >= 15 is 0 Å². The highest BCUT2D eigenvalue weighted by Gasteiger charge is 2.23. The van der Waals surface area contributed by atoms with Crippen LogP contribution in [0.3, 0.4) is 0 Å². The molecule has 0 bridgehead atoms. The average molecular weight is 277 g/mol. The molecule has 0 saturated carbocycles. The molecular weight excluding hydrogens is 254 g/mol. The molecule has 0 spiro atoms. The summed E-state index contributed by atoms with van der Waals surface area (Å²) in [5.41, 5.74) is 0.883. The van der Waals surface area contributed by atoms with Crippen molar-refractivity contribution in [2.24, 2.45) is 0 Å². The van der Waals surface area contributed by atoms with Crippen LogP contribution in [-0.4, -0.2) is 40.2 Å². The van der Waals surface area contributed by atoms with Gasteiger partial charge in [0.1, 0.15) is 6.10 Å². The topological polar surface area (TPSA) is 55.3 Å². The van der Waals surface area contributed by atoms with Gasteiger partial charge < -0.3 is 9.64 Å². The zero-order chi connectivity index (χ0) is 14.4. The first-order valence-electron chi connectivity index (χ1n) is 7.44. The lowest BCUT2D eigenvalue weighted by Crippen LogP contribution is -2.41. The lowest BCUT2D eigenvalue weighted by Gasteiger charge is -2.31. The van der Waals surface area contributed by atoms with Gasteiger partial charge in [0.2, 0.25) is 11.8 Å². The van der Waals surface area contributed by atoms with Gasteiger partial charge in [-0.05, 0) is 19.4 Å². The Balaban J connectivity index is 1.76. The van der Waals surface area contributed by atoms with Crippen molar-refractivity contribution in [2.45, 2.75) is 52.1 Å². The molecule has 0 aromatic carbocycles. The van der Waals surface area contributed by atoms with E-state index in [4.69, 9.17) is 4.74 Å². The fourth-order valence-electron chi connectivity index (χ4n) is 2.33. The number of ether oxygens (including phenoxy) is 1. The van der Waals surface area contributed by atoms with E-state index in [1.54, 1.807) is 0 Å². The van der Waals surface area contributed by atoms with Gasteiger partial charge in [-0.2, -0.15) is 5.10 Å². The van der Waals surface area contributed by atoms with Crippen LogP contribution in [0.1, 0.15) is 44.7 Å². The Kier molecular flexibility index (Phi) is 5.32.